The topological polar surface area (TPSA) is 57.2 Å². The highest BCUT2D eigenvalue weighted by Gasteiger charge is 2.49. The molecule has 0 bridgehead atoms. The van der Waals surface area contributed by atoms with Gasteiger partial charge in [0, 0.05) is 67.6 Å². The van der Waals surface area contributed by atoms with Gasteiger partial charge in [0.15, 0.2) is 0 Å². The van der Waals surface area contributed by atoms with Gasteiger partial charge in [-0.1, -0.05) is 18.2 Å². The molecule has 2 saturated heterocycles. The molecular weight excluding hydrogens is 338 g/mol. The van der Waals surface area contributed by atoms with Crippen molar-refractivity contribution in [3.63, 3.8) is 0 Å². The molecule has 2 aliphatic rings. The maximum Gasteiger partial charge on any atom is 0.227 e. The number of rotatable bonds is 4. The van der Waals surface area contributed by atoms with E-state index in [-0.39, 0.29) is 11.4 Å². The van der Waals surface area contributed by atoms with Crippen LogP contribution in [0.1, 0.15) is 24.0 Å². The van der Waals surface area contributed by atoms with Crippen molar-refractivity contribution in [2.24, 2.45) is 7.05 Å². The molecule has 1 spiro atoms. The number of amides is 1. The van der Waals surface area contributed by atoms with Crippen LogP contribution in [0.3, 0.4) is 0 Å². The summed E-state index contributed by atoms with van der Waals surface area (Å²) in [6, 6.07) is 8.18. The van der Waals surface area contributed by atoms with E-state index in [0.29, 0.717) is 6.42 Å². The second kappa shape index (κ2) is 6.23. The van der Waals surface area contributed by atoms with Gasteiger partial charge >= 0.3 is 0 Å². The van der Waals surface area contributed by atoms with E-state index in [4.69, 9.17) is 0 Å². The number of aryl methyl sites for hydroxylation is 1. The molecule has 2 fully saturated rings. The molecule has 4 heterocycles. The average molecular weight is 363 g/mol. The lowest BCUT2D eigenvalue weighted by Crippen LogP contribution is -2.60. The minimum Gasteiger partial charge on any atom is -0.361 e. The van der Waals surface area contributed by atoms with Crippen molar-refractivity contribution >= 4 is 16.8 Å². The SMILES string of the molecule is Cn1cc(CN2CCC23CCN(C(=O)Cc2c[nH]c4ccccc24)C3)cn1. The number of H-pyrrole nitrogens is 1. The Hall–Kier alpha value is -2.60. The second-order valence-corrected chi connectivity index (χ2v) is 8.02. The molecule has 3 aromatic rings. The van der Waals surface area contributed by atoms with E-state index in [2.05, 4.69) is 38.2 Å². The Kier molecular flexibility index (Phi) is 3.82. The molecule has 0 aliphatic carbocycles. The van der Waals surface area contributed by atoms with Crippen molar-refractivity contribution in [1.29, 1.82) is 0 Å². The van der Waals surface area contributed by atoms with Gasteiger partial charge in [0.1, 0.15) is 0 Å². The Morgan fingerprint density at radius 2 is 2.11 bits per heavy atom. The highest BCUT2D eigenvalue weighted by molar-refractivity contribution is 5.89. The zero-order valence-corrected chi connectivity index (χ0v) is 15.7. The molecule has 1 N–H and O–H groups in total. The van der Waals surface area contributed by atoms with Crippen molar-refractivity contribution in [2.75, 3.05) is 19.6 Å². The van der Waals surface area contributed by atoms with E-state index in [1.54, 1.807) is 0 Å². The van der Waals surface area contributed by atoms with Gasteiger partial charge in [-0.15, -0.1) is 0 Å². The van der Waals surface area contributed by atoms with Crippen molar-refractivity contribution in [3.8, 4) is 0 Å². The second-order valence-electron chi connectivity index (χ2n) is 8.02. The first-order valence-electron chi connectivity index (χ1n) is 9.68. The predicted molar refractivity (Wildman–Crippen MR) is 104 cm³/mol. The molecule has 6 heteroatoms. The number of carbonyl (C=O) groups is 1. The normalized spacial score (nSPS) is 22.6. The monoisotopic (exact) mass is 363 g/mol. The van der Waals surface area contributed by atoms with Crippen molar-refractivity contribution in [1.82, 2.24) is 24.6 Å². The van der Waals surface area contributed by atoms with Crippen LogP contribution in [-0.4, -0.2) is 55.6 Å². The van der Waals surface area contributed by atoms with Crippen molar-refractivity contribution in [2.45, 2.75) is 31.3 Å². The summed E-state index contributed by atoms with van der Waals surface area (Å²) in [5, 5.41) is 5.43. The van der Waals surface area contributed by atoms with Crippen LogP contribution in [0.4, 0.5) is 0 Å². The molecule has 2 aliphatic heterocycles. The molecular formula is C21H25N5O. The summed E-state index contributed by atoms with van der Waals surface area (Å²) in [6.45, 7) is 3.76. The highest BCUT2D eigenvalue weighted by Crippen LogP contribution is 2.40. The summed E-state index contributed by atoms with van der Waals surface area (Å²) >= 11 is 0. The number of nitrogens with zero attached hydrogens (tertiary/aromatic N) is 4. The number of hydrogen-bond acceptors (Lipinski definition) is 3. The van der Waals surface area contributed by atoms with Crippen LogP contribution >= 0.6 is 0 Å². The molecule has 140 valence electrons. The van der Waals surface area contributed by atoms with E-state index in [1.807, 2.05) is 36.3 Å². The lowest BCUT2D eigenvalue weighted by molar-refractivity contribution is -0.130. The number of nitrogens with one attached hydrogen (secondary N) is 1. The smallest absolute Gasteiger partial charge is 0.227 e. The summed E-state index contributed by atoms with van der Waals surface area (Å²) < 4.78 is 1.85. The van der Waals surface area contributed by atoms with E-state index in [0.717, 1.165) is 49.1 Å². The lowest BCUT2D eigenvalue weighted by atomic mass is 9.83. The standard InChI is InChI=1S/C21H25N5O/c1-24-13-16(11-23-24)14-26-9-7-21(26)6-8-25(15-21)20(27)10-17-12-22-19-5-3-2-4-18(17)19/h2-5,11-13,22H,6-10,14-15H2,1H3. The molecule has 1 atom stereocenters. The summed E-state index contributed by atoms with van der Waals surface area (Å²) in [6.07, 6.45) is 8.74. The van der Waals surface area contributed by atoms with Crippen LogP contribution in [0, 0.1) is 0 Å². The molecule has 6 nitrogen and oxygen atoms in total. The van der Waals surface area contributed by atoms with Crippen molar-refractivity contribution in [3.05, 3.63) is 54.0 Å². The maximum atomic E-state index is 12.9. The largest absolute Gasteiger partial charge is 0.361 e. The first kappa shape index (κ1) is 16.6. The van der Waals surface area contributed by atoms with Crippen LogP contribution in [0.25, 0.3) is 10.9 Å². The van der Waals surface area contributed by atoms with Crippen molar-refractivity contribution < 1.29 is 4.79 Å². The molecule has 2 aromatic heterocycles. The van der Waals surface area contributed by atoms with Gasteiger partial charge in [-0.05, 0) is 24.5 Å². The molecule has 1 aromatic carbocycles. The van der Waals surface area contributed by atoms with Crippen LogP contribution in [-0.2, 0) is 24.8 Å². The van der Waals surface area contributed by atoms with Gasteiger partial charge in [0.25, 0.3) is 0 Å². The molecule has 0 radical (unpaired) electrons. The number of para-hydroxylation sites is 1. The number of benzene rings is 1. The number of aromatic nitrogens is 3. The third-order valence-corrected chi connectivity index (χ3v) is 6.35. The quantitative estimate of drug-likeness (QED) is 0.774. The summed E-state index contributed by atoms with van der Waals surface area (Å²) in [7, 11) is 1.95. The highest BCUT2D eigenvalue weighted by atomic mass is 16.2. The molecule has 5 rings (SSSR count). The Bertz CT molecular complexity index is 989. The fourth-order valence-corrected chi connectivity index (χ4v) is 4.69. The number of hydrogen-bond donors (Lipinski definition) is 1. The Morgan fingerprint density at radius 1 is 1.26 bits per heavy atom. The first-order chi connectivity index (χ1) is 13.1. The van der Waals surface area contributed by atoms with Gasteiger partial charge in [0.2, 0.25) is 5.91 Å². The Morgan fingerprint density at radius 3 is 2.89 bits per heavy atom. The summed E-state index contributed by atoms with van der Waals surface area (Å²) in [4.78, 5) is 20.8. The summed E-state index contributed by atoms with van der Waals surface area (Å²) in [5.74, 6) is 0.241. The van der Waals surface area contributed by atoms with E-state index >= 15 is 0 Å². The Labute approximate surface area is 158 Å². The van der Waals surface area contributed by atoms with Crippen LogP contribution in [0.5, 0.6) is 0 Å². The van der Waals surface area contributed by atoms with Gasteiger partial charge in [-0.2, -0.15) is 5.10 Å². The maximum absolute atomic E-state index is 12.9. The zero-order chi connectivity index (χ0) is 18.4. The predicted octanol–water partition coefficient (Wildman–Crippen LogP) is 2.32. The molecule has 27 heavy (non-hydrogen) atoms. The molecule has 1 amide bonds. The van der Waals surface area contributed by atoms with E-state index < -0.39 is 0 Å². The number of fused-ring (bicyclic) bond motifs is 1. The number of aromatic amines is 1. The Balaban J connectivity index is 1.25. The third kappa shape index (κ3) is 2.84. The van der Waals surface area contributed by atoms with Gasteiger partial charge in [0.05, 0.1) is 12.6 Å². The van der Waals surface area contributed by atoms with Gasteiger partial charge in [-0.25, -0.2) is 0 Å². The van der Waals surface area contributed by atoms with Crippen LogP contribution in [0.15, 0.2) is 42.9 Å². The van der Waals surface area contributed by atoms with Crippen LogP contribution in [0.2, 0.25) is 0 Å². The number of carbonyl (C=O) groups excluding carboxylic acids is 1. The van der Waals surface area contributed by atoms with Gasteiger partial charge in [-0.3, -0.25) is 14.4 Å². The lowest BCUT2D eigenvalue weighted by Gasteiger charge is -2.50. The average Bonchev–Trinajstić information content (AvgIpc) is 3.38. The molecule has 1 unspecified atom stereocenters. The van der Waals surface area contributed by atoms with E-state index in [1.165, 1.54) is 12.0 Å². The fraction of sp³-hybridized carbons (Fsp3) is 0.429. The first-order valence-corrected chi connectivity index (χ1v) is 9.68. The minimum atomic E-state index is 0.172. The van der Waals surface area contributed by atoms with Crippen LogP contribution < -0.4 is 0 Å². The number of likely N-dealkylation sites (tertiary alicyclic amines) is 2. The fourth-order valence-electron chi connectivity index (χ4n) is 4.69. The summed E-state index contributed by atoms with van der Waals surface area (Å²) in [5.41, 5.74) is 3.61. The van der Waals surface area contributed by atoms with E-state index in [9.17, 15) is 4.79 Å². The third-order valence-electron chi connectivity index (χ3n) is 6.35. The van der Waals surface area contributed by atoms with Gasteiger partial charge < -0.3 is 9.88 Å². The minimum absolute atomic E-state index is 0.172. The zero-order valence-electron chi connectivity index (χ0n) is 15.7. The molecule has 0 saturated carbocycles.